The van der Waals surface area contributed by atoms with Gasteiger partial charge >= 0.3 is 0 Å². The van der Waals surface area contributed by atoms with Crippen molar-refractivity contribution in [2.75, 3.05) is 13.2 Å². The fourth-order valence-corrected chi connectivity index (χ4v) is 3.27. The lowest BCUT2D eigenvalue weighted by Crippen LogP contribution is -2.32. The number of hydrogen-bond donors (Lipinski definition) is 2. The van der Waals surface area contributed by atoms with Gasteiger partial charge in [0.05, 0.1) is 6.04 Å². The van der Waals surface area contributed by atoms with Crippen molar-refractivity contribution in [3.8, 4) is 11.5 Å². The first kappa shape index (κ1) is 17.9. The first-order valence-corrected chi connectivity index (χ1v) is 8.08. The largest absolute Gasteiger partial charge is 0.486 e. The van der Waals surface area contributed by atoms with Crippen molar-refractivity contribution in [1.29, 1.82) is 0 Å². The highest BCUT2D eigenvalue weighted by molar-refractivity contribution is 5.85. The number of rotatable bonds is 4. The molecule has 0 spiro atoms. The Hall–Kier alpha value is -1.46. The number of nitrogens with two attached hydrogens (primary N) is 1. The monoisotopic (exact) mass is 340 g/mol. The van der Waals surface area contributed by atoms with E-state index in [9.17, 15) is 4.79 Å². The predicted molar refractivity (Wildman–Crippen MR) is 91.2 cm³/mol. The predicted octanol–water partition coefficient (Wildman–Crippen LogP) is 2.57. The molecular formula is C17H25ClN2O3. The highest BCUT2D eigenvalue weighted by Crippen LogP contribution is 2.33. The maximum atomic E-state index is 12.2. The van der Waals surface area contributed by atoms with Crippen LogP contribution in [0.4, 0.5) is 0 Å². The smallest absolute Gasteiger partial charge is 0.220 e. The van der Waals surface area contributed by atoms with Gasteiger partial charge in [-0.15, -0.1) is 12.4 Å². The van der Waals surface area contributed by atoms with Crippen LogP contribution in [0.3, 0.4) is 0 Å². The molecule has 23 heavy (non-hydrogen) atoms. The zero-order valence-corrected chi connectivity index (χ0v) is 14.2. The summed E-state index contributed by atoms with van der Waals surface area (Å²) in [5.41, 5.74) is 7.06. The topological polar surface area (TPSA) is 73.6 Å². The van der Waals surface area contributed by atoms with Crippen molar-refractivity contribution in [3.05, 3.63) is 23.8 Å². The normalized spacial score (nSPS) is 23.7. The average Bonchev–Trinajstić information content (AvgIpc) is 2.91. The van der Waals surface area contributed by atoms with Crippen LogP contribution in [0.2, 0.25) is 0 Å². The maximum absolute atomic E-state index is 12.2. The van der Waals surface area contributed by atoms with Crippen LogP contribution in [0.25, 0.3) is 0 Å². The number of hydrogen-bond acceptors (Lipinski definition) is 4. The van der Waals surface area contributed by atoms with E-state index in [4.69, 9.17) is 15.2 Å². The maximum Gasteiger partial charge on any atom is 0.220 e. The average molecular weight is 341 g/mol. The molecule has 1 fully saturated rings. The minimum atomic E-state index is -0.0547. The summed E-state index contributed by atoms with van der Waals surface area (Å²) in [6, 6.07) is 5.94. The van der Waals surface area contributed by atoms with Crippen molar-refractivity contribution >= 4 is 18.3 Å². The molecule has 3 atom stereocenters. The molecule has 5 nitrogen and oxygen atoms in total. The summed E-state index contributed by atoms with van der Waals surface area (Å²) in [5.74, 6) is 1.92. The molecule has 0 aromatic heterocycles. The van der Waals surface area contributed by atoms with Gasteiger partial charge in [0.15, 0.2) is 11.5 Å². The van der Waals surface area contributed by atoms with Crippen molar-refractivity contribution in [1.82, 2.24) is 5.32 Å². The summed E-state index contributed by atoms with van der Waals surface area (Å²) >= 11 is 0. The van der Waals surface area contributed by atoms with Crippen LogP contribution in [-0.2, 0) is 4.79 Å². The van der Waals surface area contributed by atoms with Gasteiger partial charge in [-0.25, -0.2) is 0 Å². The molecule has 1 heterocycles. The third-order valence-electron chi connectivity index (χ3n) is 4.61. The van der Waals surface area contributed by atoms with Crippen molar-refractivity contribution in [2.24, 2.45) is 11.7 Å². The molecule has 1 unspecified atom stereocenters. The molecule has 0 saturated heterocycles. The van der Waals surface area contributed by atoms with E-state index in [-0.39, 0.29) is 30.4 Å². The first-order chi connectivity index (χ1) is 10.6. The van der Waals surface area contributed by atoms with Crippen LogP contribution in [0, 0.1) is 5.92 Å². The summed E-state index contributed by atoms with van der Waals surface area (Å²) in [7, 11) is 0. The van der Waals surface area contributed by atoms with Crippen LogP contribution in [0.5, 0.6) is 11.5 Å². The lowest BCUT2D eigenvalue weighted by atomic mass is 9.99. The minimum absolute atomic E-state index is 0. The molecule has 1 saturated carbocycles. The Kier molecular flexibility index (Phi) is 6.13. The first-order valence-electron chi connectivity index (χ1n) is 8.08. The molecule has 1 aliphatic heterocycles. The van der Waals surface area contributed by atoms with E-state index < -0.39 is 0 Å². The van der Waals surface area contributed by atoms with E-state index in [1.807, 2.05) is 25.1 Å². The molecule has 3 rings (SSSR count). The summed E-state index contributed by atoms with van der Waals surface area (Å²) in [4.78, 5) is 12.2. The molecular weight excluding hydrogens is 316 g/mol. The second kappa shape index (κ2) is 7.88. The van der Waals surface area contributed by atoms with Crippen molar-refractivity contribution in [3.63, 3.8) is 0 Å². The fraction of sp³-hybridized carbons (Fsp3) is 0.588. The number of halogens is 1. The number of fused-ring (bicyclic) bond motifs is 1. The van der Waals surface area contributed by atoms with Gasteiger partial charge in [-0.2, -0.15) is 0 Å². The minimum Gasteiger partial charge on any atom is -0.486 e. The Morgan fingerprint density at radius 1 is 1.30 bits per heavy atom. The molecule has 6 heteroatoms. The standard InChI is InChI=1S/C17H24N2O3.ClH/c1-11(19-17(20)10-13-3-2-4-14(13)18)12-5-6-15-16(9-12)22-8-7-21-15;/h5-6,9,11,13-14H,2-4,7-8,10,18H2,1H3,(H,19,20);1H/t11?,13-,14+;/m0./s1. The zero-order chi connectivity index (χ0) is 15.5. The summed E-state index contributed by atoms with van der Waals surface area (Å²) in [6.07, 6.45) is 3.76. The highest BCUT2D eigenvalue weighted by Gasteiger charge is 2.26. The quantitative estimate of drug-likeness (QED) is 0.883. The van der Waals surface area contributed by atoms with Crippen molar-refractivity contribution in [2.45, 2.75) is 44.7 Å². The Labute approximate surface area is 143 Å². The van der Waals surface area contributed by atoms with Crippen LogP contribution in [-0.4, -0.2) is 25.2 Å². The van der Waals surface area contributed by atoms with Crippen LogP contribution < -0.4 is 20.5 Å². The molecule has 0 bridgehead atoms. The number of amides is 1. The number of carbonyl (C=O) groups is 1. The van der Waals surface area contributed by atoms with Crippen LogP contribution in [0.15, 0.2) is 18.2 Å². The second-order valence-corrected chi connectivity index (χ2v) is 6.25. The second-order valence-electron chi connectivity index (χ2n) is 6.25. The molecule has 1 amide bonds. The van der Waals surface area contributed by atoms with Gasteiger partial charge in [0.2, 0.25) is 5.91 Å². The van der Waals surface area contributed by atoms with Gasteiger partial charge in [0.1, 0.15) is 13.2 Å². The Balaban J connectivity index is 0.00000192. The SMILES string of the molecule is CC(NC(=O)C[C@@H]1CCC[C@H]1N)c1ccc2c(c1)OCCO2.Cl. The van der Waals surface area contributed by atoms with Gasteiger partial charge in [-0.3, -0.25) is 4.79 Å². The van der Waals surface area contributed by atoms with Gasteiger partial charge in [0.25, 0.3) is 0 Å². The van der Waals surface area contributed by atoms with Gasteiger partial charge in [-0.05, 0) is 43.4 Å². The third kappa shape index (κ3) is 4.30. The fourth-order valence-electron chi connectivity index (χ4n) is 3.27. The Morgan fingerprint density at radius 2 is 2.04 bits per heavy atom. The Morgan fingerprint density at radius 3 is 2.74 bits per heavy atom. The molecule has 1 aromatic rings. The Bertz CT molecular complexity index is 553. The lowest BCUT2D eigenvalue weighted by molar-refractivity contribution is -0.122. The number of nitrogens with one attached hydrogen (secondary N) is 1. The van der Waals surface area contributed by atoms with Crippen molar-refractivity contribution < 1.29 is 14.3 Å². The van der Waals surface area contributed by atoms with E-state index in [1.54, 1.807) is 0 Å². The van der Waals surface area contributed by atoms with Gasteiger partial charge in [0, 0.05) is 12.5 Å². The molecule has 0 radical (unpaired) electrons. The zero-order valence-electron chi connectivity index (χ0n) is 13.4. The molecule has 1 aliphatic carbocycles. The van der Waals surface area contributed by atoms with Gasteiger partial charge in [-0.1, -0.05) is 12.5 Å². The van der Waals surface area contributed by atoms with E-state index in [1.165, 1.54) is 0 Å². The van der Waals surface area contributed by atoms with Crippen LogP contribution >= 0.6 is 12.4 Å². The summed E-state index contributed by atoms with van der Waals surface area (Å²) < 4.78 is 11.1. The number of carbonyl (C=O) groups excluding carboxylic acids is 1. The molecule has 1 aromatic carbocycles. The number of ether oxygens (including phenoxy) is 2. The third-order valence-corrected chi connectivity index (χ3v) is 4.61. The lowest BCUT2D eigenvalue weighted by Gasteiger charge is -2.22. The summed E-state index contributed by atoms with van der Waals surface area (Å²) in [5, 5.41) is 3.06. The van der Waals surface area contributed by atoms with E-state index in [0.717, 1.165) is 36.3 Å². The van der Waals surface area contributed by atoms with Crippen LogP contribution in [0.1, 0.15) is 44.2 Å². The molecule has 3 N–H and O–H groups in total. The summed E-state index contributed by atoms with van der Waals surface area (Å²) in [6.45, 7) is 3.13. The van der Waals surface area contributed by atoms with E-state index in [2.05, 4.69) is 5.32 Å². The molecule has 128 valence electrons. The number of benzene rings is 1. The van der Waals surface area contributed by atoms with E-state index in [0.29, 0.717) is 25.6 Å². The highest BCUT2D eigenvalue weighted by atomic mass is 35.5. The van der Waals surface area contributed by atoms with E-state index >= 15 is 0 Å². The molecule has 2 aliphatic rings. The van der Waals surface area contributed by atoms with Gasteiger partial charge < -0.3 is 20.5 Å².